The van der Waals surface area contributed by atoms with Crippen LogP contribution in [0.15, 0.2) is 78.5 Å². The lowest BCUT2D eigenvalue weighted by Gasteiger charge is -2.32. The summed E-state index contributed by atoms with van der Waals surface area (Å²) in [6.45, 7) is 3.68. The van der Waals surface area contributed by atoms with Gasteiger partial charge in [0.25, 0.3) is 15.9 Å². The van der Waals surface area contributed by atoms with Crippen LogP contribution >= 0.6 is 23.2 Å². The summed E-state index contributed by atoms with van der Waals surface area (Å²) in [5, 5.41) is 14.6. The standard InChI is InChI=1S/C24H24ClFN6O2S.C22H25ClFN7O2.2CH4/c1-14-5-7-18(8-6-14)35(33,34)32-13-20(19-9-15(25)11-29-24(19)32)22-28-12-21(26)23(31-22)30-17-4-2-3-16(27)10-17;23-12-6-15-16(9-27-19(15)26-8-12)20-28-10-17(24)21(31-20)29-13-2-1-3-14(7-13)30-22(32)18-11-25-4-5-33-18;;/h5-9,11-13,16-17H,2-4,10,27H2,1H3,(H,28,30,31);6,8-10,13-14,18,25H,1-5,7,11H2,(H,26,27)(H,30,32)(H,28,29,31);2*1H4/t16-,17+;13-,14+,18?;;/m10../s1. The number of benzene rings is 1. The molecule has 1 amide bonds. The van der Waals surface area contributed by atoms with Crippen molar-refractivity contribution >= 4 is 72.8 Å². The van der Waals surface area contributed by atoms with E-state index in [0.717, 1.165) is 72.4 Å². The first kappa shape index (κ1) is 51.9. The van der Waals surface area contributed by atoms with E-state index in [-0.39, 0.29) is 72.9 Å². The van der Waals surface area contributed by atoms with Crippen molar-refractivity contribution in [3.05, 3.63) is 101 Å². The molecule has 7 heterocycles. The molecule has 6 aromatic heterocycles. The molecule has 5 atom stereocenters. The van der Waals surface area contributed by atoms with Crippen molar-refractivity contribution in [2.24, 2.45) is 5.73 Å². The number of pyridine rings is 2. The average molecular weight is 1020 g/mol. The number of amides is 1. The van der Waals surface area contributed by atoms with Crippen LogP contribution in [-0.4, -0.2) is 103 Å². The summed E-state index contributed by atoms with van der Waals surface area (Å²) < 4.78 is 62.7. The Morgan fingerprint density at radius 2 is 1.43 bits per heavy atom. The third kappa shape index (κ3) is 11.6. The summed E-state index contributed by atoms with van der Waals surface area (Å²) >= 11 is 12.3. The molecule has 70 heavy (non-hydrogen) atoms. The maximum atomic E-state index is 14.6. The second-order valence-electron chi connectivity index (χ2n) is 17.3. The molecule has 372 valence electrons. The number of nitrogens with two attached hydrogens (primary N) is 1. The molecule has 1 saturated heterocycles. The number of fused-ring (bicyclic) bond motifs is 2. The number of aryl methyl sites for hydroxylation is 1. The number of rotatable bonds is 10. The number of hydrogen-bond acceptors (Lipinski definition) is 14. The molecule has 22 heteroatoms. The van der Waals surface area contributed by atoms with Gasteiger partial charge in [0.1, 0.15) is 11.8 Å². The van der Waals surface area contributed by atoms with E-state index < -0.39 is 27.8 Å². The SMILES string of the molecule is C.C.Cc1ccc(S(=O)(=O)n2cc(-c3ncc(F)c(N[C@H]4CCC[C@@H](N)C4)n3)c3cc(Cl)cnc32)cc1.O=C(N[C@@H]1CCC[C@H](Nc2nc(-c3c[nH]c4ncc(Cl)cc34)ncc2F)C1)C1CNCCO1. The molecule has 1 aliphatic heterocycles. The summed E-state index contributed by atoms with van der Waals surface area (Å²) in [5.41, 5.74) is 8.89. The minimum absolute atomic E-state index is 0. The normalized spacial score (nSPS) is 20.3. The largest absolute Gasteiger partial charge is 0.366 e. The van der Waals surface area contributed by atoms with Crippen LogP contribution in [0.3, 0.4) is 0 Å². The fraction of sp³-hybridized carbons (Fsp3) is 0.396. The Labute approximate surface area is 415 Å². The van der Waals surface area contributed by atoms with E-state index in [4.69, 9.17) is 33.7 Å². The monoisotopic (exact) mass is 1020 g/mol. The Bertz CT molecular complexity index is 3060. The van der Waals surface area contributed by atoms with Crippen molar-refractivity contribution in [2.45, 2.75) is 108 Å². The average Bonchev–Trinajstić information content (AvgIpc) is 3.93. The van der Waals surface area contributed by atoms with E-state index in [0.29, 0.717) is 64.0 Å². The van der Waals surface area contributed by atoms with E-state index in [1.807, 2.05) is 6.92 Å². The predicted octanol–water partition coefficient (Wildman–Crippen LogP) is 8.43. The van der Waals surface area contributed by atoms with Crippen LogP contribution in [0.1, 0.15) is 71.8 Å². The van der Waals surface area contributed by atoms with Crippen LogP contribution in [-0.2, 0) is 19.6 Å². The quantitative estimate of drug-likeness (QED) is 0.0755. The van der Waals surface area contributed by atoms with E-state index in [9.17, 15) is 22.0 Å². The maximum absolute atomic E-state index is 14.6. The molecule has 3 fully saturated rings. The number of anilines is 2. The minimum atomic E-state index is -3.98. The number of nitrogens with one attached hydrogen (secondary N) is 5. The number of nitrogens with zero attached hydrogens (tertiary/aromatic N) is 7. The van der Waals surface area contributed by atoms with Crippen molar-refractivity contribution in [1.82, 2.24) is 49.5 Å². The molecule has 0 bridgehead atoms. The predicted molar refractivity (Wildman–Crippen MR) is 269 cm³/mol. The molecular formula is C48H57Cl2F2N13O4S. The Hall–Kier alpha value is -5.90. The fourth-order valence-electron chi connectivity index (χ4n) is 8.82. The van der Waals surface area contributed by atoms with Gasteiger partial charge >= 0.3 is 0 Å². The second kappa shape index (κ2) is 22.5. The molecular weight excluding hydrogens is 964 g/mol. The van der Waals surface area contributed by atoms with Crippen LogP contribution in [0.25, 0.3) is 44.8 Å². The molecule has 10 rings (SSSR count). The molecule has 3 aliphatic rings. The van der Waals surface area contributed by atoms with Gasteiger partial charge in [-0.25, -0.2) is 51.1 Å². The zero-order valence-electron chi connectivity index (χ0n) is 36.9. The van der Waals surface area contributed by atoms with Gasteiger partial charge in [0.05, 0.1) is 33.9 Å². The Morgan fingerprint density at radius 3 is 2.09 bits per heavy atom. The van der Waals surface area contributed by atoms with Gasteiger partial charge in [-0.3, -0.25) is 4.79 Å². The zero-order chi connectivity index (χ0) is 47.5. The van der Waals surface area contributed by atoms with Crippen LogP contribution in [0.2, 0.25) is 10.0 Å². The summed E-state index contributed by atoms with van der Waals surface area (Å²) in [7, 11) is -3.98. The molecule has 2 saturated carbocycles. The van der Waals surface area contributed by atoms with Crippen molar-refractivity contribution in [3.8, 4) is 22.8 Å². The Kier molecular flexibility index (Phi) is 16.7. The van der Waals surface area contributed by atoms with E-state index in [2.05, 4.69) is 56.2 Å². The van der Waals surface area contributed by atoms with Crippen molar-refractivity contribution < 1.29 is 26.7 Å². The van der Waals surface area contributed by atoms with Crippen LogP contribution in [0.5, 0.6) is 0 Å². The van der Waals surface area contributed by atoms with Gasteiger partial charge in [-0.1, -0.05) is 55.8 Å². The van der Waals surface area contributed by atoms with Gasteiger partial charge in [0, 0.05) is 83.9 Å². The Morgan fingerprint density at radius 1 is 0.814 bits per heavy atom. The molecule has 7 aromatic rings. The lowest BCUT2D eigenvalue weighted by Crippen LogP contribution is -2.51. The molecule has 1 aromatic carbocycles. The minimum Gasteiger partial charge on any atom is -0.366 e. The summed E-state index contributed by atoms with van der Waals surface area (Å²) in [6, 6.07) is 9.93. The molecule has 0 radical (unpaired) electrons. The highest BCUT2D eigenvalue weighted by atomic mass is 35.5. The number of halogens is 4. The molecule has 17 nitrogen and oxygen atoms in total. The third-order valence-electron chi connectivity index (χ3n) is 12.3. The van der Waals surface area contributed by atoms with Gasteiger partial charge in [0.2, 0.25) is 0 Å². The van der Waals surface area contributed by atoms with Crippen molar-refractivity contribution in [2.75, 3.05) is 30.3 Å². The maximum Gasteiger partial charge on any atom is 0.269 e. The number of ether oxygens (including phenoxy) is 1. The van der Waals surface area contributed by atoms with Gasteiger partial charge in [0.15, 0.2) is 40.6 Å². The molecule has 0 spiro atoms. The highest BCUT2D eigenvalue weighted by Crippen LogP contribution is 2.34. The first-order chi connectivity index (χ1) is 32.8. The van der Waals surface area contributed by atoms with Gasteiger partial charge in [-0.15, -0.1) is 0 Å². The fourth-order valence-corrected chi connectivity index (χ4v) is 10.5. The number of morpholine rings is 1. The summed E-state index contributed by atoms with van der Waals surface area (Å²) in [5.74, 6) is -0.511. The zero-order valence-corrected chi connectivity index (χ0v) is 39.2. The highest BCUT2D eigenvalue weighted by Gasteiger charge is 2.30. The van der Waals surface area contributed by atoms with Gasteiger partial charge in [-0.2, -0.15) is 0 Å². The lowest BCUT2D eigenvalue weighted by atomic mass is 9.90. The molecule has 2 aliphatic carbocycles. The highest BCUT2D eigenvalue weighted by molar-refractivity contribution is 7.90. The van der Waals surface area contributed by atoms with Crippen LogP contribution in [0, 0.1) is 18.6 Å². The first-order valence-corrected chi connectivity index (χ1v) is 24.6. The van der Waals surface area contributed by atoms with E-state index >= 15 is 0 Å². The van der Waals surface area contributed by atoms with Crippen LogP contribution < -0.4 is 27.0 Å². The lowest BCUT2D eigenvalue weighted by molar-refractivity contribution is -0.135. The van der Waals surface area contributed by atoms with Crippen molar-refractivity contribution in [3.63, 3.8) is 0 Å². The van der Waals surface area contributed by atoms with E-state index in [1.54, 1.807) is 36.7 Å². The number of aromatic amines is 1. The van der Waals surface area contributed by atoms with Crippen LogP contribution in [0.4, 0.5) is 20.4 Å². The smallest absolute Gasteiger partial charge is 0.269 e. The number of carbonyl (C=O) groups excluding carboxylic acids is 1. The number of hydrogen-bond donors (Lipinski definition) is 6. The molecule has 1 unspecified atom stereocenters. The Balaban J connectivity index is 0.000000201. The topological polar surface area (TPSA) is 233 Å². The third-order valence-corrected chi connectivity index (χ3v) is 14.3. The van der Waals surface area contributed by atoms with Gasteiger partial charge < -0.3 is 36.7 Å². The van der Waals surface area contributed by atoms with E-state index in [1.165, 1.54) is 24.5 Å². The number of aromatic nitrogens is 8. The second-order valence-corrected chi connectivity index (χ2v) is 19.9. The summed E-state index contributed by atoms with van der Waals surface area (Å²) in [4.78, 5) is 41.3. The summed E-state index contributed by atoms with van der Waals surface area (Å²) in [6.07, 6.45) is 14.6. The molecule has 7 N–H and O–H groups in total. The first-order valence-electron chi connectivity index (χ1n) is 22.4. The number of carbonyl (C=O) groups is 1. The van der Waals surface area contributed by atoms with Crippen molar-refractivity contribution in [1.29, 1.82) is 0 Å². The van der Waals surface area contributed by atoms with Gasteiger partial charge in [-0.05, 0) is 82.6 Å². The number of H-pyrrole nitrogens is 1.